The van der Waals surface area contributed by atoms with Crippen LogP contribution in [0.2, 0.25) is 0 Å². The summed E-state index contributed by atoms with van der Waals surface area (Å²) >= 11 is 2.88. The number of hydrogen-bond donors (Lipinski definition) is 1. The van der Waals surface area contributed by atoms with Crippen LogP contribution < -0.4 is 5.32 Å². The maximum Gasteiger partial charge on any atom is 0.257 e. The number of nitriles is 1. The molecule has 0 bridgehead atoms. The van der Waals surface area contributed by atoms with Gasteiger partial charge in [-0.25, -0.2) is 0 Å². The van der Waals surface area contributed by atoms with Crippen LogP contribution in [0.4, 0.5) is 5.13 Å². The standard InChI is InChI=1S/C17H12N4OS2/c18-10-12-6-8-13(9-7-12)11-23-17-21-20-16(24-17)19-15(22)14-4-2-1-3-5-14/h1-9H,11H2,(H,19,20,22). The highest BCUT2D eigenvalue weighted by atomic mass is 32.2. The number of carbonyl (C=O) groups excluding carboxylic acids is 1. The average molecular weight is 352 g/mol. The molecule has 0 saturated heterocycles. The topological polar surface area (TPSA) is 78.7 Å². The van der Waals surface area contributed by atoms with Crippen LogP contribution >= 0.6 is 23.1 Å². The normalized spacial score (nSPS) is 10.1. The summed E-state index contributed by atoms with van der Waals surface area (Å²) in [6.45, 7) is 0. The van der Waals surface area contributed by atoms with Gasteiger partial charge < -0.3 is 0 Å². The second-order valence-corrected chi connectivity index (χ2v) is 6.99. The summed E-state index contributed by atoms with van der Waals surface area (Å²) in [4.78, 5) is 12.1. The SMILES string of the molecule is N#Cc1ccc(CSc2nnc(NC(=O)c3ccccc3)s2)cc1. The van der Waals surface area contributed by atoms with Gasteiger partial charge in [-0.1, -0.05) is 53.4 Å². The lowest BCUT2D eigenvalue weighted by atomic mass is 10.2. The van der Waals surface area contributed by atoms with Crippen molar-refractivity contribution in [3.63, 3.8) is 0 Å². The molecule has 1 heterocycles. The second-order valence-electron chi connectivity index (χ2n) is 4.79. The number of anilines is 1. The molecule has 0 radical (unpaired) electrons. The van der Waals surface area contributed by atoms with Gasteiger partial charge >= 0.3 is 0 Å². The molecular formula is C17H12N4OS2. The summed E-state index contributed by atoms with van der Waals surface area (Å²) in [5.74, 6) is 0.530. The Morgan fingerprint density at radius 1 is 1.12 bits per heavy atom. The number of carbonyl (C=O) groups is 1. The molecule has 0 aliphatic carbocycles. The number of hydrogen-bond acceptors (Lipinski definition) is 6. The van der Waals surface area contributed by atoms with Crippen LogP contribution in [0.15, 0.2) is 58.9 Å². The van der Waals surface area contributed by atoms with Gasteiger partial charge in [0, 0.05) is 11.3 Å². The number of benzene rings is 2. The highest BCUT2D eigenvalue weighted by molar-refractivity contribution is 8.00. The smallest absolute Gasteiger partial charge is 0.257 e. The summed E-state index contributed by atoms with van der Waals surface area (Å²) in [6, 6.07) is 18.5. The lowest BCUT2D eigenvalue weighted by molar-refractivity contribution is 0.102. The van der Waals surface area contributed by atoms with Crippen LogP contribution in [0.25, 0.3) is 0 Å². The van der Waals surface area contributed by atoms with Gasteiger partial charge in [-0.3, -0.25) is 10.1 Å². The van der Waals surface area contributed by atoms with Crippen LogP contribution in [0.1, 0.15) is 21.5 Å². The fourth-order valence-electron chi connectivity index (χ4n) is 1.90. The summed E-state index contributed by atoms with van der Waals surface area (Å²) in [5, 5.41) is 20.1. The Morgan fingerprint density at radius 3 is 2.58 bits per heavy atom. The van der Waals surface area contributed by atoms with Crippen molar-refractivity contribution in [3.05, 3.63) is 71.3 Å². The number of amides is 1. The zero-order valence-electron chi connectivity index (χ0n) is 12.5. The van der Waals surface area contributed by atoms with Crippen LogP contribution in [-0.4, -0.2) is 16.1 Å². The minimum absolute atomic E-state index is 0.199. The third-order valence-corrected chi connectivity index (χ3v) is 5.15. The molecule has 24 heavy (non-hydrogen) atoms. The van der Waals surface area contributed by atoms with Gasteiger partial charge in [0.05, 0.1) is 11.6 Å². The number of nitrogens with zero attached hydrogens (tertiary/aromatic N) is 3. The van der Waals surface area contributed by atoms with E-state index in [-0.39, 0.29) is 5.91 Å². The first-order valence-corrected chi connectivity index (χ1v) is 8.86. The number of thioether (sulfide) groups is 1. The fourth-order valence-corrected chi connectivity index (χ4v) is 3.60. The molecule has 0 fully saturated rings. The van der Waals surface area contributed by atoms with Crippen molar-refractivity contribution in [2.75, 3.05) is 5.32 Å². The molecule has 0 atom stereocenters. The van der Waals surface area contributed by atoms with Crippen molar-refractivity contribution in [2.24, 2.45) is 0 Å². The van der Waals surface area contributed by atoms with E-state index in [0.717, 1.165) is 15.7 Å². The molecule has 0 aliphatic rings. The molecule has 5 nitrogen and oxygen atoms in total. The number of aromatic nitrogens is 2. The zero-order chi connectivity index (χ0) is 16.8. The second kappa shape index (κ2) is 7.73. The van der Waals surface area contributed by atoms with Gasteiger partial charge in [0.15, 0.2) is 4.34 Å². The Bertz CT molecular complexity index is 870. The van der Waals surface area contributed by atoms with Crippen molar-refractivity contribution in [2.45, 2.75) is 10.1 Å². The van der Waals surface area contributed by atoms with E-state index < -0.39 is 0 Å². The predicted molar refractivity (Wildman–Crippen MR) is 95.0 cm³/mol. The molecule has 0 unspecified atom stereocenters. The molecule has 7 heteroatoms. The highest BCUT2D eigenvalue weighted by Crippen LogP contribution is 2.28. The van der Waals surface area contributed by atoms with Gasteiger partial charge in [-0.2, -0.15) is 5.26 Å². The quantitative estimate of drug-likeness (QED) is 0.555. The van der Waals surface area contributed by atoms with E-state index in [9.17, 15) is 4.79 Å². The third-order valence-electron chi connectivity index (χ3n) is 3.11. The molecular weight excluding hydrogens is 340 g/mol. The third kappa shape index (κ3) is 4.19. The summed E-state index contributed by atoms with van der Waals surface area (Å²) in [6.07, 6.45) is 0. The first-order valence-electron chi connectivity index (χ1n) is 7.06. The lowest BCUT2D eigenvalue weighted by Crippen LogP contribution is -2.11. The van der Waals surface area contributed by atoms with E-state index >= 15 is 0 Å². The van der Waals surface area contributed by atoms with Gasteiger partial charge in [-0.15, -0.1) is 10.2 Å². The first-order chi connectivity index (χ1) is 11.7. The Labute approximate surface area is 147 Å². The monoisotopic (exact) mass is 352 g/mol. The van der Waals surface area contributed by atoms with Gasteiger partial charge in [0.1, 0.15) is 0 Å². The van der Waals surface area contributed by atoms with Crippen LogP contribution in [0.3, 0.4) is 0 Å². The van der Waals surface area contributed by atoms with Crippen LogP contribution in [0.5, 0.6) is 0 Å². The van der Waals surface area contributed by atoms with Crippen molar-refractivity contribution >= 4 is 34.1 Å². The molecule has 0 saturated carbocycles. The highest BCUT2D eigenvalue weighted by Gasteiger charge is 2.10. The molecule has 3 aromatic rings. The summed E-state index contributed by atoms with van der Waals surface area (Å²) in [5.41, 5.74) is 2.33. The van der Waals surface area contributed by atoms with Crippen molar-refractivity contribution in [1.82, 2.24) is 10.2 Å². The molecule has 2 aromatic carbocycles. The van der Waals surface area contributed by atoms with E-state index in [0.29, 0.717) is 16.3 Å². The predicted octanol–water partition coefficient (Wildman–Crippen LogP) is 3.95. The molecule has 1 N–H and O–H groups in total. The lowest BCUT2D eigenvalue weighted by Gasteiger charge is -2.00. The first kappa shape index (κ1) is 16.2. The van der Waals surface area contributed by atoms with Gasteiger partial charge in [0.2, 0.25) is 5.13 Å². The van der Waals surface area contributed by atoms with E-state index in [1.165, 1.54) is 11.3 Å². The van der Waals surface area contributed by atoms with Crippen molar-refractivity contribution < 1.29 is 4.79 Å². The minimum Gasteiger partial charge on any atom is -0.296 e. The van der Waals surface area contributed by atoms with E-state index in [2.05, 4.69) is 21.6 Å². The Balaban J connectivity index is 1.57. The number of rotatable bonds is 5. The van der Waals surface area contributed by atoms with Gasteiger partial charge in [0.25, 0.3) is 5.91 Å². The van der Waals surface area contributed by atoms with Gasteiger partial charge in [-0.05, 0) is 29.8 Å². The van der Waals surface area contributed by atoms with E-state index in [1.807, 2.05) is 30.3 Å². The molecule has 1 amide bonds. The molecule has 0 aliphatic heterocycles. The zero-order valence-corrected chi connectivity index (χ0v) is 14.1. The summed E-state index contributed by atoms with van der Waals surface area (Å²) < 4.78 is 0.780. The Hall–Kier alpha value is -2.69. The Kier molecular flexibility index (Phi) is 5.21. The maximum atomic E-state index is 12.1. The van der Waals surface area contributed by atoms with Crippen LogP contribution in [0, 0.1) is 11.3 Å². The molecule has 3 rings (SSSR count). The molecule has 0 spiro atoms. The molecule has 118 valence electrons. The maximum absolute atomic E-state index is 12.1. The summed E-state index contributed by atoms with van der Waals surface area (Å²) in [7, 11) is 0. The fraction of sp³-hybridized carbons (Fsp3) is 0.0588. The van der Waals surface area contributed by atoms with Crippen LogP contribution in [-0.2, 0) is 5.75 Å². The largest absolute Gasteiger partial charge is 0.296 e. The van der Waals surface area contributed by atoms with E-state index in [4.69, 9.17) is 5.26 Å². The average Bonchev–Trinajstić information content (AvgIpc) is 3.08. The van der Waals surface area contributed by atoms with E-state index in [1.54, 1.807) is 36.0 Å². The number of nitrogens with one attached hydrogen (secondary N) is 1. The Morgan fingerprint density at radius 2 is 1.88 bits per heavy atom. The van der Waals surface area contributed by atoms with Crippen molar-refractivity contribution in [3.8, 4) is 6.07 Å². The minimum atomic E-state index is -0.199. The van der Waals surface area contributed by atoms with Crippen molar-refractivity contribution in [1.29, 1.82) is 5.26 Å². The molecule has 1 aromatic heterocycles.